The van der Waals surface area contributed by atoms with E-state index in [1.165, 1.54) is 12.1 Å². The molecule has 3 nitrogen and oxygen atoms in total. The highest BCUT2D eigenvalue weighted by atomic mass is 19.1. The molecule has 1 N–H and O–H groups in total. The number of benzene rings is 1. The largest absolute Gasteiger partial charge is 0.493 e. The highest BCUT2D eigenvalue weighted by Crippen LogP contribution is 2.30. The van der Waals surface area contributed by atoms with Gasteiger partial charge in [0.25, 0.3) is 0 Å². The van der Waals surface area contributed by atoms with E-state index in [-0.39, 0.29) is 12.2 Å². The molecule has 0 radical (unpaired) electrons. The van der Waals surface area contributed by atoms with Crippen LogP contribution in [0.25, 0.3) is 5.57 Å². The molecule has 0 fully saturated rings. The van der Waals surface area contributed by atoms with E-state index in [2.05, 4.69) is 0 Å². The van der Waals surface area contributed by atoms with Gasteiger partial charge in [-0.15, -0.1) is 0 Å². The third kappa shape index (κ3) is 4.73. The second-order valence-electron chi connectivity index (χ2n) is 4.15. The van der Waals surface area contributed by atoms with Gasteiger partial charge in [0.2, 0.25) is 0 Å². The molecule has 1 rings (SSSR count). The first-order valence-electron chi connectivity index (χ1n) is 6.42. The molecule has 0 unspecified atom stereocenters. The topological polar surface area (TPSA) is 46.5 Å². The minimum absolute atomic E-state index is 0.0720. The summed E-state index contributed by atoms with van der Waals surface area (Å²) in [5, 5.41) is 8.75. The lowest BCUT2D eigenvalue weighted by molar-refractivity contribution is -0.135. The molecule has 0 atom stereocenters. The number of rotatable bonds is 7. The standard InChI is InChI=1S/C15H19FO3/c1-3-5-11(6-9-15(17)18)13-10-12(16)7-8-14(13)19-4-2/h6-8,10H,3-5,9H2,1-2H3,(H,17,18)/b11-6+. The molecule has 0 saturated heterocycles. The molecular weight excluding hydrogens is 247 g/mol. The molecule has 19 heavy (non-hydrogen) atoms. The molecule has 0 aliphatic carbocycles. The van der Waals surface area contributed by atoms with Crippen LogP contribution in [0.4, 0.5) is 4.39 Å². The normalized spacial score (nSPS) is 11.4. The Morgan fingerprint density at radius 2 is 2.16 bits per heavy atom. The van der Waals surface area contributed by atoms with Crippen molar-refractivity contribution < 1.29 is 19.0 Å². The molecular formula is C15H19FO3. The minimum Gasteiger partial charge on any atom is -0.493 e. The van der Waals surface area contributed by atoms with Gasteiger partial charge >= 0.3 is 5.97 Å². The SMILES string of the molecule is CCC/C(=C\CC(=O)O)c1cc(F)ccc1OCC. The first kappa shape index (κ1) is 15.2. The zero-order valence-corrected chi connectivity index (χ0v) is 11.3. The molecule has 0 aliphatic heterocycles. The van der Waals surface area contributed by atoms with Crippen molar-refractivity contribution in [2.24, 2.45) is 0 Å². The van der Waals surface area contributed by atoms with Crippen molar-refractivity contribution in [3.63, 3.8) is 0 Å². The Labute approximate surface area is 112 Å². The molecule has 104 valence electrons. The van der Waals surface area contributed by atoms with Crippen molar-refractivity contribution in [2.45, 2.75) is 33.1 Å². The molecule has 0 heterocycles. The minimum atomic E-state index is -0.900. The van der Waals surface area contributed by atoms with Gasteiger partial charge in [-0.1, -0.05) is 19.4 Å². The Bertz CT molecular complexity index is 466. The number of aliphatic carboxylic acids is 1. The predicted octanol–water partition coefficient (Wildman–Crippen LogP) is 3.88. The van der Waals surface area contributed by atoms with Crippen molar-refractivity contribution in [3.8, 4) is 5.75 Å². The van der Waals surface area contributed by atoms with Crippen molar-refractivity contribution in [2.75, 3.05) is 6.61 Å². The third-order valence-corrected chi connectivity index (χ3v) is 2.63. The fraction of sp³-hybridized carbons (Fsp3) is 0.400. The van der Waals surface area contributed by atoms with E-state index in [0.29, 0.717) is 24.3 Å². The van der Waals surface area contributed by atoms with Crippen LogP contribution < -0.4 is 4.74 Å². The van der Waals surface area contributed by atoms with Crippen LogP contribution in [0.3, 0.4) is 0 Å². The number of carboxylic acid groups (broad SMARTS) is 1. The quantitative estimate of drug-likeness (QED) is 0.814. The van der Waals surface area contributed by atoms with Gasteiger partial charge in [-0.25, -0.2) is 4.39 Å². The number of halogens is 1. The second kappa shape index (κ2) is 7.56. The van der Waals surface area contributed by atoms with Crippen molar-refractivity contribution in [3.05, 3.63) is 35.7 Å². The Balaban J connectivity index is 3.15. The van der Waals surface area contributed by atoms with Gasteiger partial charge in [-0.3, -0.25) is 4.79 Å². The van der Waals surface area contributed by atoms with E-state index < -0.39 is 5.97 Å². The average molecular weight is 266 g/mol. The van der Waals surface area contributed by atoms with Crippen LogP contribution >= 0.6 is 0 Å². The maximum Gasteiger partial charge on any atom is 0.307 e. The van der Waals surface area contributed by atoms with Crippen LogP contribution in [0.15, 0.2) is 24.3 Å². The average Bonchev–Trinajstić information content (AvgIpc) is 2.37. The van der Waals surface area contributed by atoms with Crippen LogP contribution in [0.1, 0.15) is 38.7 Å². The van der Waals surface area contributed by atoms with E-state index in [9.17, 15) is 9.18 Å². The van der Waals surface area contributed by atoms with Crippen molar-refractivity contribution in [1.29, 1.82) is 0 Å². The summed E-state index contributed by atoms with van der Waals surface area (Å²) in [5.41, 5.74) is 1.46. The number of allylic oxidation sites excluding steroid dienone is 1. The summed E-state index contributed by atoms with van der Waals surface area (Å²) in [6.45, 7) is 4.33. The van der Waals surface area contributed by atoms with E-state index >= 15 is 0 Å². The molecule has 0 bridgehead atoms. The Morgan fingerprint density at radius 1 is 1.42 bits per heavy atom. The number of carbonyl (C=O) groups is 1. The summed E-state index contributed by atoms with van der Waals surface area (Å²) in [6.07, 6.45) is 3.10. The summed E-state index contributed by atoms with van der Waals surface area (Å²) >= 11 is 0. The molecule has 0 amide bonds. The van der Waals surface area contributed by atoms with E-state index in [1.54, 1.807) is 12.1 Å². The van der Waals surface area contributed by atoms with E-state index in [0.717, 1.165) is 12.0 Å². The molecule has 1 aromatic rings. The summed E-state index contributed by atoms with van der Waals surface area (Å²) in [6, 6.07) is 4.32. The van der Waals surface area contributed by atoms with Gasteiger partial charge in [0.15, 0.2) is 0 Å². The smallest absolute Gasteiger partial charge is 0.307 e. The zero-order chi connectivity index (χ0) is 14.3. The van der Waals surface area contributed by atoms with Crippen molar-refractivity contribution >= 4 is 11.5 Å². The van der Waals surface area contributed by atoms with Crippen LogP contribution in [0, 0.1) is 5.82 Å². The summed E-state index contributed by atoms with van der Waals surface area (Å²) in [7, 11) is 0. The molecule has 0 spiro atoms. The Kier molecular flexibility index (Phi) is 6.06. The Morgan fingerprint density at radius 3 is 2.74 bits per heavy atom. The maximum absolute atomic E-state index is 13.4. The van der Waals surface area contributed by atoms with Gasteiger partial charge < -0.3 is 9.84 Å². The summed E-state index contributed by atoms with van der Waals surface area (Å²) < 4.78 is 18.9. The number of carboxylic acids is 1. The molecule has 4 heteroatoms. The lowest BCUT2D eigenvalue weighted by Crippen LogP contribution is -1.99. The molecule has 0 aliphatic rings. The maximum atomic E-state index is 13.4. The first-order valence-corrected chi connectivity index (χ1v) is 6.42. The summed E-state index contributed by atoms with van der Waals surface area (Å²) in [5.74, 6) is -0.660. The van der Waals surface area contributed by atoms with Gasteiger partial charge in [-0.05, 0) is 37.1 Å². The van der Waals surface area contributed by atoms with Crippen LogP contribution in [0.5, 0.6) is 5.75 Å². The lowest BCUT2D eigenvalue weighted by atomic mass is 9.99. The van der Waals surface area contributed by atoms with Crippen LogP contribution in [-0.4, -0.2) is 17.7 Å². The molecule has 0 saturated carbocycles. The highest BCUT2D eigenvalue weighted by Gasteiger charge is 2.10. The van der Waals surface area contributed by atoms with Gasteiger partial charge in [0.1, 0.15) is 11.6 Å². The van der Waals surface area contributed by atoms with E-state index in [4.69, 9.17) is 9.84 Å². The van der Waals surface area contributed by atoms with Crippen LogP contribution in [0.2, 0.25) is 0 Å². The number of hydrogen-bond acceptors (Lipinski definition) is 2. The van der Waals surface area contributed by atoms with Gasteiger partial charge in [0, 0.05) is 5.56 Å². The molecule has 0 aromatic heterocycles. The van der Waals surface area contributed by atoms with Crippen molar-refractivity contribution in [1.82, 2.24) is 0 Å². The predicted molar refractivity (Wildman–Crippen MR) is 72.7 cm³/mol. The molecule has 1 aromatic carbocycles. The zero-order valence-electron chi connectivity index (χ0n) is 11.3. The summed E-state index contributed by atoms with van der Waals surface area (Å²) in [4.78, 5) is 10.7. The fourth-order valence-corrected chi connectivity index (χ4v) is 1.86. The number of hydrogen-bond donors (Lipinski definition) is 1. The first-order chi connectivity index (χ1) is 9.08. The Hall–Kier alpha value is -1.84. The monoisotopic (exact) mass is 266 g/mol. The van der Waals surface area contributed by atoms with Gasteiger partial charge in [0.05, 0.1) is 13.0 Å². The van der Waals surface area contributed by atoms with E-state index in [1.807, 2.05) is 13.8 Å². The van der Waals surface area contributed by atoms with Crippen LogP contribution in [-0.2, 0) is 4.79 Å². The second-order valence-corrected chi connectivity index (χ2v) is 4.15. The lowest BCUT2D eigenvalue weighted by Gasteiger charge is -2.13. The third-order valence-electron chi connectivity index (χ3n) is 2.63. The number of ether oxygens (including phenoxy) is 1. The highest BCUT2D eigenvalue weighted by molar-refractivity contribution is 5.76. The fourth-order valence-electron chi connectivity index (χ4n) is 1.86. The van der Waals surface area contributed by atoms with Gasteiger partial charge in [-0.2, -0.15) is 0 Å².